The Hall–Kier alpha value is -4.98. The molecule has 172 valence electrons. The van der Waals surface area contributed by atoms with Gasteiger partial charge in [-0.05, 0) is 71.8 Å². The van der Waals surface area contributed by atoms with Gasteiger partial charge in [-0.25, -0.2) is 19.7 Å². The van der Waals surface area contributed by atoms with Gasteiger partial charge in [0.15, 0.2) is 0 Å². The monoisotopic (exact) mass is 461 g/mol. The molecule has 2 heterocycles. The molecule has 8 nitrogen and oxygen atoms in total. The van der Waals surface area contributed by atoms with E-state index < -0.39 is 0 Å². The Balaban J connectivity index is 1.19. The molecule has 0 atom stereocenters. The van der Waals surface area contributed by atoms with Gasteiger partial charge in [0.05, 0.1) is 0 Å². The molecule has 5 rings (SSSR count). The van der Waals surface area contributed by atoms with Crippen molar-refractivity contribution in [2.75, 3.05) is 21.3 Å². The highest BCUT2D eigenvalue weighted by atomic mass is 16.2. The van der Waals surface area contributed by atoms with Gasteiger partial charge in [-0.1, -0.05) is 30.3 Å². The van der Waals surface area contributed by atoms with Crippen LogP contribution in [0, 0.1) is 6.92 Å². The maximum Gasteiger partial charge on any atom is 0.323 e. The Morgan fingerprint density at radius 3 is 2.09 bits per heavy atom. The molecule has 3 aromatic carbocycles. The first kappa shape index (κ1) is 21.8. The molecule has 4 N–H and O–H groups in total. The normalized spacial score (nSPS) is 10.5. The van der Waals surface area contributed by atoms with Gasteiger partial charge in [-0.15, -0.1) is 0 Å². The predicted octanol–water partition coefficient (Wildman–Crippen LogP) is 6.46. The SMILES string of the molecule is Cc1ccnc(Nc2cc(Nc3ccc(NC(=O)Nc4ccc5ccccc5c4)cc3)ncn2)c1. The zero-order chi connectivity index (χ0) is 24.0. The van der Waals surface area contributed by atoms with E-state index in [0.29, 0.717) is 23.1 Å². The zero-order valence-corrected chi connectivity index (χ0v) is 19.0. The third-order valence-electron chi connectivity index (χ3n) is 5.26. The molecule has 0 bridgehead atoms. The first-order valence-electron chi connectivity index (χ1n) is 11.1. The van der Waals surface area contributed by atoms with E-state index >= 15 is 0 Å². The van der Waals surface area contributed by atoms with E-state index in [1.807, 2.05) is 85.8 Å². The van der Waals surface area contributed by atoms with E-state index in [1.165, 1.54) is 6.33 Å². The number of hydrogen-bond donors (Lipinski definition) is 4. The molecule has 0 saturated carbocycles. The second kappa shape index (κ2) is 9.88. The van der Waals surface area contributed by atoms with Crippen molar-refractivity contribution in [2.24, 2.45) is 0 Å². The highest BCUT2D eigenvalue weighted by Gasteiger charge is 2.05. The number of aromatic nitrogens is 3. The fraction of sp³-hybridized carbons (Fsp3) is 0.0370. The van der Waals surface area contributed by atoms with Gasteiger partial charge in [0.2, 0.25) is 0 Å². The first-order valence-corrected chi connectivity index (χ1v) is 11.1. The van der Waals surface area contributed by atoms with Crippen LogP contribution in [0.2, 0.25) is 0 Å². The zero-order valence-electron chi connectivity index (χ0n) is 19.0. The van der Waals surface area contributed by atoms with E-state index in [-0.39, 0.29) is 6.03 Å². The van der Waals surface area contributed by atoms with Crippen molar-refractivity contribution in [2.45, 2.75) is 6.92 Å². The van der Waals surface area contributed by atoms with Crippen LogP contribution in [0.4, 0.5) is 39.3 Å². The molecule has 35 heavy (non-hydrogen) atoms. The Morgan fingerprint density at radius 2 is 1.29 bits per heavy atom. The van der Waals surface area contributed by atoms with E-state index in [9.17, 15) is 4.79 Å². The number of urea groups is 1. The summed E-state index contributed by atoms with van der Waals surface area (Å²) in [7, 11) is 0. The molecule has 0 aliphatic carbocycles. The molecular formula is C27H23N7O. The average Bonchev–Trinajstić information content (AvgIpc) is 2.85. The summed E-state index contributed by atoms with van der Waals surface area (Å²) < 4.78 is 0. The van der Waals surface area contributed by atoms with E-state index in [0.717, 1.165) is 27.7 Å². The van der Waals surface area contributed by atoms with E-state index in [1.54, 1.807) is 12.3 Å². The van der Waals surface area contributed by atoms with Crippen molar-refractivity contribution in [3.63, 3.8) is 0 Å². The van der Waals surface area contributed by atoms with Crippen molar-refractivity contribution < 1.29 is 4.79 Å². The highest BCUT2D eigenvalue weighted by molar-refractivity contribution is 6.01. The summed E-state index contributed by atoms with van der Waals surface area (Å²) in [5.41, 5.74) is 3.33. The third-order valence-corrected chi connectivity index (χ3v) is 5.26. The molecule has 0 aliphatic heterocycles. The quantitative estimate of drug-likeness (QED) is 0.231. The maximum absolute atomic E-state index is 12.4. The number of amides is 2. The molecule has 0 fully saturated rings. The van der Waals surface area contributed by atoms with Crippen LogP contribution in [0.3, 0.4) is 0 Å². The standard InChI is InChI=1S/C27H23N7O/c1-18-12-13-28-24(14-18)34-26-16-25(29-17-30-26)31-21-8-10-22(11-9-21)32-27(35)33-23-7-6-19-4-2-3-5-20(19)15-23/h2-17H,1H3,(H2,32,33,35)(H2,28,29,30,31,34). The number of hydrogen-bond acceptors (Lipinski definition) is 6. The number of fused-ring (bicyclic) bond motifs is 1. The number of carbonyl (C=O) groups excluding carboxylic acids is 1. The lowest BCUT2D eigenvalue weighted by Gasteiger charge is -2.11. The Kier molecular flexibility index (Phi) is 6.17. The van der Waals surface area contributed by atoms with Gasteiger partial charge in [0, 0.05) is 29.3 Å². The van der Waals surface area contributed by atoms with E-state index in [2.05, 4.69) is 36.2 Å². The van der Waals surface area contributed by atoms with Crippen LogP contribution in [0.1, 0.15) is 5.56 Å². The van der Waals surface area contributed by atoms with Crippen LogP contribution in [0.25, 0.3) is 10.8 Å². The lowest BCUT2D eigenvalue weighted by Crippen LogP contribution is -2.19. The van der Waals surface area contributed by atoms with Crippen LogP contribution >= 0.6 is 0 Å². The summed E-state index contributed by atoms with van der Waals surface area (Å²) in [4.78, 5) is 25.2. The van der Waals surface area contributed by atoms with Gasteiger partial charge in [-0.2, -0.15) is 0 Å². The number of aryl methyl sites for hydroxylation is 1. The molecule has 0 saturated heterocycles. The minimum Gasteiger partial charge on any atom is -0.340 e. The minimum absolute atomic E-state index is 0.308. The number of nitrogens with one attached hydrogen (secondary N) is 4. The topological polar surface area (TPSA) is 104 Å². The lowest BCUT2D eigenvalue weighted by molar-refractivity contribution is 0.262. The largest absolute Gasteiger partial charge is 0.340 e. The molecule has 2 amide bonds. The van der Waals surface area contributed by atoms with Crippen molar-refractivity contribution in [3.8, 4) is 0 Å². The third kappa shape index (κ3) is 5.69. The second-order valence-corrected chi connectivity index (χ2v) is 7.98. The maximum atomic E-state index is 12.4. The fourth-order valence-electron chi connectivity index (χ4n) is 3.58. The first-order chi connectivity index (χ1) is 17.1. The Labute approximate surface area is 202 Å². The van der Waals surface area contributed by atoms with Gasteiger partial charge in [0.25, 0.3) is 0 Å². The number of benzene rings is 3. The van der Waals surface area contributed by atoms with Crippen molar-refractivity contribution >= 4 is 51.3 Å². The molecule has 2 aromatic heterocycles. The number of nitrogens with zero attached hydrogens (tertiary/aromatic N) is 3. The summed E-state index contributed by atoms with van der Waals surface area (Å²) in [5.74, 6) is 1.97. The molecule has 0 radical (unpaired) electrons. The predicted molar refractivity (Wildman–Crippen MR) is 141 cm³/mol. The number of rotatable bonds is 6. The van der Waals surface area contributed by atoms with Crippen molar-refractivity contribution in [3.05, 3.63) is 103 Å². The summed E-state index contributed by atoms with van der Waals surface area (Å²) in [6.07, 6.45) is 3.23. The Morgan fingerprint density at radius 1 is 0.629 bits per heavy atom. The summed E-state index contributed by atoms with van der Waals surface area (Å²) in [6, 6.07) is 26.6. The van der Waals surface area contributed by atoms with Crippen LogP contribution in [-0.2, 0) is 0 Å². The molecule has 0 aliphatic rings. The fourth-order valence-corrected chi connectivity index (χ4v) is 3.58. The average molecular weight is 462 g/mol. The van der Waals surface area contributed by atoms with Crippen LogP contribution in [0.15, 0.2) is 97.5 Å². The van der Waals surface area contributed by atoms with E-state index in [4.69, 9.17) is 0 Å². The van der Waals surface area contributed by atoms with Crippen molar-refractivity contribution in [1.29, 1.82) is 0 Å². The summed E-state index contributed by atoms with van der Waals surface area (Å²) >= 11 is 0. The minimum atomic E-state index is -0.308. The van der Waals surface area contributed by atoms with Crippen molar-refractivity contribution in [1.82, 2.24) is 15.0 Å². The molecule has 0 spiro atoms. The van der Waals surface area contributed by atoms with Crippen LogP contribution in [-0.4, -0.2) is 21.0 Å². The van der Waals surface area contributed by atoms with Gasteiger partial charge in [0.1, 0.15) is 23.8 Å². The summed E-state index contributed by atoms with van der Waals surface area (Å²) in [5, 5.41) is 14.3. The number of anilines is 6. The second-order valence-electron chi connectivity index (χ2n) is 7.98. The molecule has 0 unspecified atom stereocenters. The summed E-state index contributed by atoms with van der Waals surface area (Å²) in [6.45, 7) is 2.01. The van der Waals surface area contributed by atoms with Gasteiger partial charge in [-0.3, -0.25) is 0 Å². The Bertz CT molecular complexity index is 1480. The molecule has 5 aromatic rings. The molecular weight excluding hydrogens is 438 g/mol. The van der Waals surface area contributed by atoms with Gasteiger partial charge >= 0.3 is 6.03 Å². The number of pyridine rings is 1. The molecule has 8 heteroatoms. The van der Waals surface area contributed by atoms with Gasteiger partial charge < -0.3 is 21.3 Å². The highest BCUT2D eigenvalue weighted by Crippen LogP contribution is 2.22. The number of carbonyl (C=O) groups is 1. The lowest BCUT2D eigenvalue weighted by atomic mass is 10.1. The van der Waals surface area contributed by atoms with Crippen LogP contribution in [0.5, 0.6) is 0 Å². The van der Waals surface area contributed by atoms with Crippen LogP contribution < -0.4 is 21.3 Å². The smallest absolute Gasteiger partial charge is 0.323 e.